The second-order valence-corrected chi connectivity index (χ2v) is 3.44. The van der Waals surface area contributed by atoms with Gasteiger partial charge in [-0.15, -0.1) is 12.3 Å². The van der Waals surface area contributed by atoms with Crippen molar-refractivity contribution < 1.29 is 0 Å². The minimum absolute atomic E-state index is 0.418. The molecule has 0 saturated heterocycles. The van der Waals surface area contributed by atoms with Crippen molar-refractivity contribution in [2.24, 2.45) is 4.99 Å². The van der Waals surface area contributed by atoms with E-state index in [4.69, 9.17) is 6.42 Å². The highest BCUT2D eigenvalue weighted by atomic mass is 15.0. The Balaban J connectivity index is 2.36. The Kier molecular flexibility index (Phi) is 4.39. The van der Waals surface area contributed by atoms with Crippen LogP contribution in [0, 0.1) is 12.3 Å². The maximum absolute atomic E-state index is 5.28. The maximum atomic E-state index is 5.28. The van der Waals surface area contributed by atoms with Crippen LogP contribution >= 0.6 is 0 Å². The molecule has 1 heterocycles. The Bertz CT molecular complexity index is 213. The molecule has 13 heavy (non-hydrogen) atoms. The van der Waals surface area contributed by atoms with Crippen LogP contribution in [0.25, 0.3) is 0 Å². The van der Waals surface area contributed by atoms with Gasteiger partial charge in [0.25, 0.3) is 0 Å². The third kappa shape index (κ3) is 3.50. The highest BCUT2D eigenvalue weighted by Crippen LogP contribution is 2.06. The minimum atomic E-state index is 0.418. The lowest BCUT2D eigenvalue weighted by atomic mass is 10.1. The molecule has 1 aliphatic rings. The van der Waals surface area contributed by atoms with Gasteiger partial charge < -0.3 is 5.32 Å². The van der Waals surface area contributed by atoms with Crippen molar-refractivity contribution in [1.29, 1.82) is 0 Å². The summed E-state index contributed by atoms with van der Waals surface area (Å²) in [4.78, 5) is 4.44. The van der Waals surface area contributed by atoms with Gasteiger partial charge in [-0.1, -0.05) is 6.92 Å². The number of nitrogens with zero attached hydrogens (tertiary/aromatic N) is 1. The monoisotopic (exact) mass is 178 g/mol. The minimum Gasteiger partial charge on any atom is -0.370 e. The van der Waals surface area contributed by atoms with Crippen molar-refractivity contribution >= 4 is 5.84 Å². The second-order valence-electron chi connectivity index (χ2n) is 3.44. The Hall–Kier alpha value is -0.970. The van der Waals surface area contributed by atoms with Crippen molar-refractivity contribution in [2.75, 3.05) is 6.54 Å². The van der Waals surface area contributed by atoms with Gasteiger partial charge in [-0.3, -0.25) is 4.99 Å². The Morgan fingerprint density at radius 1 is 1.62 bits per heavy atom. The normalized spacial score (nSPS) is 18.6. The number of hydrogen-bond donors (Lipinski definition) is 1. The summed E-state index contributed by atoms with van der Waals surface area (Å²) in [6.45, 7) is 3.13. The molecule has 0 spiro atoms. The lowest BCUT2D eigenvalue weighted by Crippen LogP contribution is -2.35. The topological polar surface area (TPSA) is 24.4 Å². The number of hydrogen-bond acceptors (Lipinski definition) is 2. The van der Waals surface area contributed by atoms with Crippen molar-refractivity contribution in [1.82, 2.24) is 5.32 Å². The predicted octanol–water partition coefficient (Wildman–Crippen LogP) is 1.96. The molecule has 0 bridgehead atoms. The summed E-state index contributed by atoms with van der Waals surface area (Å²) in [5.41, 5.74) is 0. The quantitative estimate of drug-likeness (QED) is 0.656. The van der Waals surface area contributed by atoms with Crippen LogP contribution in [-0.2, 0) is 0 Å². The molecule has 1 rings (SSSR count). The molecule has 72 valence electrons. The summed E-state index contributed by atoms with van der Waals surface area (Å²) in [6.07, 6.45) is 10.7. The molecule has 1 atom stereocenters. The largest absolute Gasteiger partial charge is 0.370 e. The maximum Gasteiger partial charge on any atom is 0.0965 e. The van der Waals surface area contributed by atoms with Crippen molar-refractivity contribution in [3.63, 3.8) is 0 Å². The van der Waals surface area contributed by atoms with Gasteiger partial charge in [0, 0.05) is 25.4 Å². The van der Waals surface area contributed by atoms with E-state index < -0.39 is 0 Å². The van der Waals surface area contributed by atoms with Crippen LogP contribution in [0.4, 0.5) is 0 Å². The number of nitrogens with one attached hydrogen (secondary N) is 1. The fraction of sp³-hybridized carbons (Fsp3) is 0.727. The molecule has 1 aliphatic heterocycles. The molecular formula is C11H18N2. The fourth-order valence-electron chi connectivity index (χ4n) is 1.49. The zero-order valence-electron chi connectivity index (χ0n) is 8.34. The van der Waals surface area contributed by atoms with Crippen LogP contribution < -0.4 is 5.32 Å². The van der Waals surface area contributed by atoms with Crippen LogP contribution in [0.2, 0.25) is 0 Å². The van der Waals surface area contributed by atoms with Gasteiger partial charge in [0.2, 0.25) is 0 Å². The van der Waals surface area contributed by atoms with Crippen LogP contribution in [-0.4, -0.2) is 18.4 Å². The molecule has 2 heteroatoms. The summed E-state index contributed by atoms with van der Waals surface area (Å²) in [7, 11) is 0. The molecule has 0 saturated carbocycles. The summed E-state index contributed by atoms with van der Waals surface area (Å²) in [5, 5.41) is 3.41. The van der Waals surface area contributed by atoms with E-state index in [0.29, 0.717) is 6.04 Å². The molecule has 0 amide bonds. The third-order valence-electron chi connectivity index (χ3n) is 2.35. The van der Waals surface area contributed by atoms with Crippen LogP contribution in [0.5, 0.6) is 0 Å². The van der Waals surface area contributed by atoms with E-state index in [1.54, 1.807) is 0 Å². The van der Waals surface area contributed by atoms with Gasteiger partial charge in [-0.25, -0.2) is 0 Å². The third-order valence-corrected chi connectivity index (χ3v) is 2.35. The first-order valence-corrected chi connectivity index (χ1v) is 5.10. The average molecular weight is 178 g/mol. The van der Waals surface area contributed by atoms with E-state index in [9.17, 15) is 0 Å². The molecule has 1 unspecified atom stereocenters. The molecule has 0 aromatic rings. The zero-order valence-corrected chi connectivity index (χ0v) is 8.34. The lowest BCUT2D eigenvalue weighted by Gasteiger charge is -2.19. The Morgan fingerprint density at radius 2 is 2.46 bits per heavy atom. The second kappa shape index (κ2) is 5.64. The number of amidine groups is 1. The smallest absolute Gasteiger partial charge is 0.0965 e. The SMILES string of the molecule is C#CCC(CC)NC1=NCCCC1. The average Bonchev–Trinajstić information content (AvgIpc) is 2.19. The summed E-state index contributed by atoms with van der Waals surface area (Å²) < 4.78 is 0. The number of aliphatic imine (C=N–C) groups is 1. The van der Waals surface area contributed by atoms with Crippen molar-refractivity contribution in [3.8, 4) is 12.3 Å². The van der Waals surface area contributed by atoms with E-state index in [1.807, 2.05) is 0 Å². The van der Waals surface area contributed by atoms with E-state index in [-0.39, 0.29) is 0 Å². The van der Waals surface area contributed by atoms with Gasteiger partial charge in [0.05, 0.1) is 5.84 Å². The standard InChI is InChI=1S/C11H18N2/c1-3-7-10(4-2)13-11-8-5-6-9-12-11/h1,10H,4-9H2,2H3,(H,12,13). The molecule has 0 aliphatic carbocycles. The van der Waals surface area contributed by atoms with Gasteiger partial charge in [-0.05, 0) is 19.3 Å². The molecule has 2 nitrogen and oxygen atoms in total. The van der Waals surface area contributed by atoms with E-state index in [1.165, 1.54) is 12.8 Å². The predicted molar refractivity (Wildman–Crippen MR) is 56.8 cm³/mol. The van der Waals surface area contributed by atoms with Crippen molar-refractivity contribution in [2.45, 2.75) is 45.1 Å². The molecule has 0 aromatic carbocycles. The molecule has 0 aromatic heterocycles. The Labute approximate surface area is 80.8 Å². The highest BCUT2D eigenvalue weighted by Gasteiger charge is 2.09. The molecule has 1 N–H and O–H groups in total. The van der Waals surface area contributed by atoms with Gasteiger partial charge in [0.1, 0.15) is 0 Å². The van der Waals surface area contributed by atoms with Gasteiger partial charge in [-0.2, -0.15) is 0 Å². The van der Waals surface area contributed by atoms with Crippen molar-refractivity contribution in [3.05, 3.63) is 0 Å². The van der Waals surface area contributed by atoms with E-state index in [0.717, 1.165) is 31.6 Å². The number of rotatable bonds is 3. The first kappa shape index (κ1) is 10.1. The zero-order chi connectivity index (χ0) is 9.52. The van der Waals surface area contributed by atoms with E-state index >= 15 is 0 Å². The van der Waals surface area contributed by atoms with Crippen LogP contribution in [0.3, 0.4) is 0 Å². The first-order chi connectivity index (χ1) is 6.36. The Morgan fingerprint density at radius 3 is 3.00 bits per heavy atom. The summed E-state index contributed by atoms with van der Waals surface area (Å²) in [5.74, 6) is 3.85. The van der Waals surface area contributed by atoms with Gasteiger partial charge in [0.15, 0.2) is 0 Å². The number of terminal acetylenes is 1. The lowest BCUT2D eigenvalue weighted by molar-refractivity contribution is 0.582. The van der Waals surface area contributed by atoms with E-state index in [2.05, 4.69) is 23.2 Å². The summed E-state index contributed by atoms with van der Waals surface area (Å²) >= 11 is 0. The highest BCUT2D eigenvalue weighted by molar-refractivity contribution is 5.82. The fourth-order valence-corrected chi connectivity index (χ4v) is 1.49. The van der Waals surface area contributed by atoms with Crippen LogP contribution in [0.1, 0.15) is 39.0 Å². The molecule has 0 fully saturated rings. The molecule has 0 radical (unpaired) electrons. The van der Waals surface area contributed by atoms with Gasteiger partial charge >= 0.3 is 0 Å². The first-order valence-electron chi connectivity index (χ1n) is 5.10. The van der Waals surface area contributed by atoms with Crippen LogP contribution in [0.15, 0.2) is 4.99 Å². The summed E-state index contributed by atoms with van der Waals surface area (Å²) in [6, 6.07) is 0.418. The molecular weight excluding hydrogens is 160 g/mol.